The normalized spacial score (nSPS) is 12.7. The second-order valence-electron chi connectivity index (χ2n) is 5.69. The Kier molecular flexibility index (Phi) is 5.28. The van der Waals surface area contributed by atoms with Crippen molar-refractivity contribution in [2.24, 2.45) is 0 Å². The number of halogens is 1. The van der Waals surface area contributed by atoms with Crippen LogP contribution in [0.3, 0.4) is 0 Å². The topological polar surface area (TPSA) is 92.7 Å². The van der Waals surface area contributed by atoms with Gasteiger partial charge in [-0.1, -0.05) is 35.9 Å². The molecule has 27 heavy (non-hydrogen) atoms. The molecule has 0 aromatic heterocycles. The van der Waals surface area contributed by atoms with Gasteiger partial charge < -0.3 is 19.4 Å². The Morgan fingerprint density at radius 1 is 1.11 bits per heavy atom. The lowest BCUT2D eigenvalue weighted by molar-refractivity contribution is -0.307. The van der Waals surface area contributed by atoms with Crippen LogP contribution in [0.4, 0.5) is 0 Å². The summed E-state index contributed by atoms with van der Waals surface area (Å²) in [6.07, 6.45) is 1.43. The van der Waals surface area contributed by atoms with Gasteiger partial charge >= 0.3 is 0 Å². The average Bonchev–Trinajstić information content (AvgIpc) is 2.86. The Hall–Kier alpha value is -3.12. The van der Waals surface area contributed by atoms with E-state index in [9.17, 15) is 19.5 Å². The molecule has 0 spiro atoms. The number of benzene rings is 2. The molecular formula is C20H14ClO6-. The van der Waals surface area contributed by atoms with Gasteiger partial charge in [0.05, 0.1) is 23.2 Å². The number of hydrogen-bond acceptors (Lipinski definition) is 6. The zero-order valence-electron chi connectivity index (χ0n) is 14.3. The molecule has 0 bridgehead atoms. The Morgan fingerprint density at radius 3 is 2.30 bits per heavy atom. The van der Waals surface area contributed by atoms with Crippen LogP contribution < -0.4 is 14.6 Å². The first-order valence-electron chi connectivity index (χ1n) is 8.11. The second-order valence-corrected chi connectivity index (χ2v) is 6.09. The molecule has 0 radical (unpaired) electrons. The van der Waals surface area contributed by atoms with E-state index in [4.69, 9.17) is 21.1 Å². The summed E-state index contributed by atoms with van der Waals surface area (Å²) in [5, 5.41) is 10.7. The summed E-state index contributed by atoms with van der Waals surface area (Å²) in [5.74, 6) is -1.87. The molecule has 138 valence electrons. The van der Waals surface area contributed by atoms with E-state index in [2.05, 4.69) is 0 Å². The maximum absolute atomic E-state index is 12.5. The van der Waals surface area contributed by atoms with Gasteiger partial charge in [0, 0.05) is 11.1 Å². The van der Waals surface area contributed by atoms with Crippen LogP contribution in [0.2, 0.25) is 5.02 Å². The highest BCUT2D eigenvalue weighted by atomic mass is 35.5. The third-order valence-corrected chi connectivity index (χ3v) is 4.16. The standard InChI is InChI=1S/C20H15ClO6/c1-2-26-16-9-11(8-15(21)20(16)27-10-17(22)23)7-14-18(24)12-5-3-4-6-13(12)19(14)25/h3-9H,2,10H2,1H3,(H,22,23)/p-1. The molecule has 2 aromatic rings. The van der Waals surface area contributed by atoms with Gasteiger partial charge in [0.25, 0.3) is 0 Å². The van der Waals surface area contributed by atoms with E-state index in [0.717, 1.165) is 0 Å². The third kappa shape index (κ3) is 3.71. The van der Waals surface area contributed by atoms with Crippen LogP contribution in [0.25, 0.3) is 6.08 Å². The van der Waals surface area contributed by atoms with Crippen LogP contribution in [0.15, 0.2) is 42.0 Å². The first kappa shape index (κ1) is 18.7. The fourth-order valence-corrected chi connectivity index (χ4v) is 3.05. The van der Waals surface area contributed by atoms with E-state index < -0.39 is 12.6 Å². The number of carbonyl (C=O) groups excluding carboxylic acids is 3. The van der Waals surface area contributed by atoms with Crippen molar-refractivity contribution in [3.05, 3.63) is 63.7 Å². The number of carboxylic acids is 1. The number of hydrogen-bond donors (Lipinski definition) is 0. The second kappa shape index (κ2) is 7.63. The molecule has 3 rings (SSSR count). The number of fused-ring (bicyclic) bond motifs is 1. The SMILES string of the molecule is CCOc1cc(C=C2C(=O)c3ccccc3C2=O)cc(Cl)c1OCC(=O)[O-]. The lowest BCUT2D eigenvalue weighted by Crippen LogP contribution is -2.29. The van der Waals surface area contributed by atoms with Crippen LogP contribution in [0.5, 0.6) is 11.5 Å². The van der Waals surface area contributed by atoms with E-state index in [0.29, 0.717) is 16.7 Å². The van der Waals surface area contributed by atoms with Crippen molar-refractivity contribution in [3.63, 3.8) is 0 Å². The van der Waals surface area contributed by atoms with Crippen LogP contribution >= 0.6 is 11.6 Å². The molecule has 0 atom stereocenters. The van der Waals surface area contributed by atoms with Crippen LogP contribution in [-0.4, -0.2) is 30.7 Å². The number of aliphatic carboxylic acids is 1. The zero-order chi connectivity index (χ0) is 19.6. The number of Topliss-reactive ketones (excluding diaryl/α,β-unsaturated/α-hetero) is 2. The predicted molar refractivity (Wildman–Crippen MR) is 96.2 cm³/mol. The lowest BCUT2D eigenvalue weighted by Gasteiger charge is -2.14. The monoisotopic (exact) mass is 385 g/mol. The molecule has 0 fully saturated rings. The summed E-state index contributed by atoms with van der Waals surface area (Å²) in [4.78, 5) is 35.6. The minimum Gasteiger partial charge on any atom is -0.546 e. The van der Waals surface area contributed by atoms with Gasteiger partial charge in [0.1, 0.15) is 6.61 Å². The Labute approximate surface area is 160 Å². The number of ketones is 2. The minimum absolute atomic E-state index is 0.0260. The van der Waals surface area contributed by atoms with Gasteiger partial charge in [-0.25, -0.2) is 0 Å². The van der Waals surface area contributed by atoms with E-state index in [1.807, 2.05) is 0 Å². The van der Waals surface area contributed by atoms with Crippen molar-refractivity contribution in [1.82, 2.24) is 0 Å². The number of rotatable bonds is 6. The molecule has 1 aliphatic rings. The van der Waals surface area contributed by atoms with Crippen LogP contribution in [0, 0.1) is 0 Å². The molecule has 0 amide bonds. The molecule has 7 heteroatoms. The minimum atomic E-state index is -1.40. The smallest absolute Gasteiger partial charge is 0.197 e. The summed E-state index contributed by atoms with van der Waals surface area (Å²) in [7, 11) is 0. The maximum atomic E-state index is 12.5. The molecule has 2 aromatic carbocycles. The van der Waals surface area contributed by atoms with Crippen molar-refractivity contribution in [3.8, 4) is 11.5 Å². The van der Waals surface area contributed by atoms with Crippen molar-refractivity contribution >= 4 is 35.2 Å². The third-order valence-electron chi connectivity index (χ3n) is 3.88. The number of carbonyl (C=O) groups is 3. The van der Waals surface area contributed by atoms with Gasteiger partial charge in [-0.3, -0.25) is 9.59 Å². The highest BCUT2D eigenvalue weighted by Gasteiger charge is 2.32. The largest absolute Gasteiger partial charge is 0.546 e. The summed E-state index contributed by atoms with van der Waals surface area (Å²) >= 11 is 6.18. The molecule has 6 nitrogen and oxygen atoms in total. The molecule has 0 heterocycles. The first-order chi connectivity index (χ1) is 12.9. The van der Waals surface area contributed by atoms with Crippen molar-refractivity contribution in [2.45, 2.75) is 6.92 Å². The summed E-state index contributed by atoms with van der Waals surface area (Å²) in [6.45, 7) is 1.33. The molecule has 1 aliphatic carbocycles. The van der Waals surface area contributed by atoms with Gasteiger partial charge in [-0.05, 0) is 30.7 Å². The van der Waals surface area contributed by atoms with Crippen molar-refractivity contribution in [1.29, 1.82) is 0 Å². The first-order valence-corrected chi connectivity index (χ1v) is 8.49. The molecular weight excluding hydrogens is 372 g/mol. The quantitative estimate of drug-likeness (QED) is 0.559. The van der Waals surface area contributed by atoms with Gasteiger partial charge in [-0.15, -0.1) is 0 Å². The molecule has 0 unspecified atom stereocenters. The fourth-order valence-electron chi connectivity index (χ4n) is 2.78. The van der Waals surface area contributed by atoms with Gasteiger partial charge in [0.15, 0.2) is 23.1 Å². The van der Waals surface area contributed by atoms with E-state index >= 15 is 0 Å². The van der Waals surface area contributed by atoms with E-state index in [-0.39, 0.29) is 40.3 Å². The highest BCUT2D eigenvalue weighted by Crippen LogP contribution is 2.38. The average molecular weight is 386 g/mol. The number of allylic oxidation sites excluding steroid dienone is 1. The fraction of sp³-hybridized carbons (Fsp3) is 0.150. The van der Waals surface area contributed by atoms with Crippen molar-refractivity contribution < 1.29 is 29.0 Å². The molecule has 0 saturated carbocycles. The van der Waals surface area contributed by atoms with Crippen LogP contribution in [-0.2, 0) is 4.79 Å². The Balaban J connectivity index is 2.00. The van der Waals surface area contributed by atoms with Crippen LogP contribution in [0.1, 0.15) is 33.2 Å². The zero-order valence-corrected chi connectivity index (χ0v) is 15.0. The summed E-state index contributed by atoms with van der Waals surface area (Å²) in [6, 6.07) is 9.58. The highest BCUT2D eigenvalue weighted by molar-refractivity contribution is 6.41. The molecule has 0 aliphatic heterocycles. The Bertz CT molecular complexity index is 939. The Morgan fingerprint density at radius 2 is 1.74 bits per heavy atom. The molecule has 0 saturated heterocycles. The number of carboxylic acid groups (broad SMARTS) is 1. The van der Waals surface area contributed by atoms with E-state index in [1.54, 1.807) is 31.2 Å². The van der Waals surface area contributed by atoms with Gasteiger partial charge in [0.2, 0.25) is 0 Å². The van der Waals surface area contributed by atoms with Gasteiger partial charge in [-0.2, -0.15) is 0 Å². The summed E-state index contributed by atoms with van der Waals surface area (Å²) in [5.41, 5.74) is 1.20. The predicted octanol–water partition coefficient (Wildman–Crippen LogP) is 2.33. The van der Waals surface area contributed by atoms with Crippen molar-refractivity contribution in [2.75, 3.05) is 13.2 Å². The number of ether oxygens (including phenoxy) is 2. The summed E-state index contributed by atoms with van der Waals surface area (Å²) < 4.78 is 10.6. The molecule has 0 N–H and O–H groups in total. The lowest BCUT2D eigenvalue weighted by atomic mass is 10.1. The maximum Gasteiger partial charge on any atom is 0.197 e. The van der Waals surface area contributed by atoms with E-state index in [1.165, 1.54) is 18.2 Å².